The van der Waals surface area contributed by atoms with Gasteiger partial charge >= 0.3 is 5.97 Å². The second-order valence-electron chi connectivity index (χ2n) is 7.85. The number of aryl methyl sites for hydroxylation is 2. The molecule has 1 saturated heterocycles. The quantitative estimate of drug-likeness (QED) is 0.706. The van der Waals surface area contributed by atoms with E-state index in [0.717, 1.165) is 24.4 Å². The van der Waals surface area contributed by atoms with Crippen molar-refractivity contribution in [3.05, 3.63) is 46.2 Å². The second-order valence-corrected chi connectivity index (χ2v) is 7.85. The fourth-order valence-corrected chi connectivity index (χ4v) is 3.97. The molecule has 2 aromatic rings. The first kappa shape index (κ1) is 21.7. The summed E-state index contributed by atoms with van der Waals surface area (Å²) in [6.07, 6.45) is 1.97. The Morgan fingerprint density at radius 3 is 2.50 bits per heavy atom. The molecule has 30 heavy (non-hydrogen) atoms. The van der Waals surface area contributed by atoms with Crippen LogP contribution in [0.15, 0.2) is 16.5 Å². The van der Waals surface area contributed by atoms with Gasteiger partial charge < -0.3 is 24.4 Å². The number of furan rings is 1. The molecule has 3 heterocycles. The van der Waals surface area contributed by atoms with Gasteiger partial charge in [0.1, 0.15) is 17.2 Å². The zero-order valence-electron chi connectivity index (χ0n) is 18.0. The van der Waals surface area contributed by atoms with Crippen LogP contribution in [0.25, 0.3) is 0 Å². The maximum absolute atomic E-state index is 12.9. The smallest absolute Gasteiger partial charge is 0.339 e. The van der Waals surface area contributed by atoms with Crippen molar-refractivity contribution in [2.75, 3.05) is 20.2 Å². The van der Waals surface area contributed by atoms with E-state index in [2.05, 4.69) is 10.3 Å². The third-order valence-electron chi connectivity index (χ3n) is 5.67. The number of piperidine rings is 1. The minimum absolute atomic E-state index is 0.00705. The number of amides is 2. The summed E-state index contributed by atoms with van der Waals surface area (Å²) in [7, 11) is 1.33. The molecule has 0 radical (unpaired) electrons. The van der Waals surface area contributed by atoms with Gasteiger partial charge in [-0.1, -0.05) is 0 Å². The van der Waals surface area contributed by atoms with E-state index in [9.17, 15) is 14.4 Å². The van der Waals surface area contributed by atoms with Crippen molar-refractivity contribution in [3.8, 4) is 0 Å². The van der Waals surface area contributed by atoms with Crippen molar-refractivity contribution < 1.29 is 23.5 Å². The van der Waals surface area contributed by atoms with Gasteiger partial charge in [0.25, 0.3) is 5.91 Å². The molecule has 0 aliphatic carbocycles. The summed E-state index contributed by atoms with van der Waals surface area (Å²) >= 11 is 0. The molecule has 0 unspecified atom stereocenters. The predicted molar refractivity (Wildman–Crippen MR) is 110 cm³/mol. The number of rotatable bonds is 6. The lowest BCUT2D eigenvalue weighted by molar-refractivity contribution is -0.122. The summed E-state index contributed by atoms with van der Waals surface area (Å²) in [5, 5.41) is 2.89. The van der Waals surface area contributed by atoms with Crippen molar-refractivity contribution in [1.29, 1.82) is 0 Å². The Labute approximate surface area is 176 Å². The van der Waals surface area contributed by atoms with Gasteiger partial charge in [-0.15, -0.1) is 0 Å². The molecular weight excluding hydrogens is 386 g/mol. The zero-order valence-corrected chi connectivity index (χ0v) is 18.0. The van der Waals surface area contributed by atoms with Gasteiger partial charge in [0.2, 0.25) is 5.91 Å². The van der Waals surface area contributed by atoms with Crippen molar-refractivity contribution in [3.63, 3.8) is 0 Å². The Balaban J connectivity index is 1.51. The van der Waals surface area contributed by atoms with Crippen LogP contribution in [0.2, 0.25) is 0 Å². The van der Waals surface area contributed by atoms with E-state index in [4.69, 9.17) is 9.15 Å². The third-order valence-corrected chi connectivity index (χ3v) is 5.67. The van der Waals surface area contributed by atoms with E-state index in [-0.39, 0.29) is 17.7 Å². The van der Waals surface area contributed by atoms with Crippen LogP contribution >= 0.6 is 0 Å². The number of H-pyrrole nitrogens is 1. The van der Waals surface area contributed by atoms with Gasteiger partial charge in [0.15, 0.2) is 0 Å². The summed E-state index contributed by atoms with van der Waals surface area (Å²) in [5.41, 5.74) is 2.08. The van der Waals surface area contributed by atoms with Crippen LogP contribution < -0.4 is 5.32 Å². The largest absolute Gasteiger partial charge is 0.465 e. The average molecular weight is 415 g/mol. The van der Waals surface area contributed by atoms with Crippen LogP contribution in [0, 0.1) is 26.7 Å². The van der Waals surface area contributed by atoms with Crippen LogP contribution in [0.5, 0.6) is 0 Å². The SMILES string of the molecule is COC(=O)c1c(C)[nH]c(C(=O)N2CCC(CC(=O)NCc3ccc(C)o3)CC2)c1C. The summed E-state index contributed by atoms with van der Waals surface area (Å²) in [5.74, 6) is 1.22. The second kappa shape index (κ2) is 9.19. The molecule has 0 atom stereocenters. The standard InChI is InChI=1S/C22H29N3O5/c1-13-5-6-17(30-13)12-23-18(26)11-16-7-9-25(10-8-16)21(27)20-14(2)19(15(3)24-20)22(28)29-4/h5-6,16,24H,7-12H2,1-4H3,(H,23,26). The summed E-state index contributed by atoms with van der Waals surface area (Å²) in [6, 6.07) is 3.73. The summed E-state index contributed by atoms with van der Waals surface area (Å²) in [6.45, 7) is 6.93. The number of aromatic nitrogens is 1. The van der Waals surface area contributed by atoms with Crippen LogP contribution in [0.4, 0.5) is 0 Å². The third kappa shape index (κ3) is 4.75. The summed E-state index contributed by atoms with van der Waals surface area (Å²) < 4.78 is 10.3. The Kier molecular flexibility index (Phi) is 6.64. The van der Waals surface area contributed by atoms with Crippen LogP contribution in [-0.4, -0.2) is 47.9 Å². The molecule has 0 bridgehead atoms. The fourth-order valence-electron chi connectivity index (χ4n) is 3.97. The maximum Gasteiger partial charge on any atom is 0.339 e. The molecule has 1 fully saturated rings. The monoisotopic (exact) mass is 415 g/mol. The zero-order chi connectivity index (χ0) is 21.8. The number of carbonyl (C=O) groups is 3. The van der Waals surface area contributed by atoms with E-state index in [1.165, 1.54) is 7.11 Å². The number of hydrogen-bond donors (Lipinski definition) is 2. The van der Waals surface area contributed by atoms with Crippen LogP contribution in [0.1, 0.15) is 62.9 Å². The van der Waals surface area contributed by atoms with Crippen LogP contribution in [0.3, 0.4) is 0 Å². The first-order valence-electron chi connectivity index (χ1n) is 10.2. The molecule has 3 rings (SSSR count). The lowest BCUT2D eigenvalue weighted by atomic mass is 9.93. The van der Waals surface area contributed by atoms with E-state index in [1.54, 1.807) is 18.7 Å². The van der Waals surface area contributed by atoms with Crippen molar-refractivity contribution in [1.82, 2.24) is 15.2 Å². The first-order valence-corrected chi connectivity index (χ1v) is 10.2. The minimum Gasteiger partial charge on any atom is -0.465 e. The van der Waals surface area contributed by atoms with Gasteiger partial charge in [-0.3, -0.25) is 9.59 Å². The highest BCUT2D eigenvalue weighted by atomic mass is 16.5. The van der Waals surface area contributed by atoms with Gasteiger partial charge in [-0.2, -0.15) is 0 Å². The number of ether oxygens (including phenoxy) is 1. The maximum atomic E-state index is 12.9. The number of esters is 1. The van der Waals surface area contributed by atoms with Gasteiger partial charge in [-0.05, 0) is 57.2 Å². The normalized spacial score (nSPS) is 14.6. The molecule has 0 aromatic carbocycles. The molecule has 8 nitrogen and oxygen atoms in total. The molecule has 1 aliphatic heterocycles. The molecule has 0 saturated carbocycles. The lowest BCUT2D eigenvalue weighted by Gasteiger charge is -2.31. The molecule has 162 valence electrons. The first-order chi connectivity index (χ1) is 14.3. The van der Waals surface area contributed by atoms with Gasteiger partial charge in [0, 0.05) is 25.2 Å². The van der Waals surface area contributed by atoms with Crippen molar-refractivity contribution >= 4 is 17.8 Å². The van der Waals surface area contributed by atoms with Crippen molar-refractivity contribution in [2.45, 2.75) is 46.6 Å². The number of nitrogens with one attached hydrogen (secondary N) is 2. The molecule has 0 spiro atoms. The van der Waals surface area contributed by atoms with Crippen LogP contribution in [-0.2, 0) is 16.1 Å². The number of nitrogens with zero attached hydrogens (tertiary/aromatic N) is 1. The number of methoxy groups -OCH3 is 1. The molecule has 2 amide bonds. The molecule has 2 aromatic heterocycles. The molecule has 8 heteroatoms. The molecule has 2 N–H and O–H groups in total. The number of aromatic amines is 1. The van der Waals surface area contributed by atoms with Gasteiger partial charge in [0.05, 0.1) is 19.2 Å². The van der Waals surface area contributed by atoms with Crippen molar-refractivity contribution in [2.24, 2.45) is 5.92 Å². The molecule has 1 aliphatic rings. The Morgan fingerprint density at radius 1 is 1.20 bits per heavy atom. The van der Waals surface area contributed by atoms with E-state index in [1.807, 2.05) is 19.1 Å². The molecular formula is C22H29N3O5. The highest BCUT2D eigenvalue weighted by Gasteiger charge is 2.29. The summed E-state index contributed by atoms with van der Waals surface area (Å²) in [4.78, 5) is 41.9. The lowest BCUT2D eigenvalue weighted by Crippen LogP contribution is -2.40. The Morgan fingerprint density at radius 2 is 1.90 bits per heavy atom. The van der Waals surface area contributed by atoms with E-state index >= 15 is 0 Å². The Bertz CT molecular complexity index is 935. The predicted octanol–water partition coefficient (Wildman–Crippen LogP) is 2.88. The number of carbonyl (C=O) groups excluding carboxylic acids is 3. The average Bonchev–Trinajstić information content (AvgIpc) is 3.28. The Hall–Kier alpha value is -3.03. The van der Waals surface area contributed by atoms with Gasteiger partial charge in [-0.25, -0.2) is 4.79 Å². The highest BCUT2D eigenvalue weighted by molar-refractivity contribution is 6.00. The van der Waals surface area contributed by atoms with E-state index < -0.39 is 5.97 Å². The fraction of sp³-hybridized carbons (Fsp3) is 0.500. The number of likely N-dealkylation sites (tertiary alicyclic amines) is 1. The topological polar surface area (TPSA) is 105 Å². The highest BCUT2D eigenvalue weighted by Crippen LogP contribution is 2.25. The minimum atomic E-state index is -0.449. The number of hydrogen-bond acceptors (Lipinski definition) is 5. The van der Waals surface area contributed by atoms with E-state index in [0.29, 0.717) is 48.6 Å².